The maximum Gasteiger partial charge on any atom is 0.00958 e. The van der Waals surface area contributed by atoms with Gasteiger partial charge in [0.05, 0.1) is 0 Å². The summed E-state index contributed by atoms with van der Waals surface area (Å²) < 4.78 is 0. The Kier molecular flexibility index (Phi) is 1.48. The standard InChI is InChI=1S/C9H17N/c1-6-4-7-2-3-8(5-6)9(7)10/h6-9H,2-5,10H2,1H3. The Balaban J connectivity index is 2.09. The van der Waals surface area contributed by atoms with Crippen molar-refractivity contribution in [2.45, 2.75) is 38.6 Å². The third-order valence-electron chi connectivity index (χ3n) is 3.41. The van der Waals surface area contributed by atoms with Gasteiger partial charge in [0.1, 0.15) is 0 Å². The molecule has 1 heteroatoms. The van der Waals surface area contributed by atoms with Crippen LogP contribution in [0, 0.1) is 17.8 Å². The molecule has 2 fully saturated rings. The first-order valence-corrected chi connectivity index (χ1v) is 4.53. The van der Waals surface area contributed by atoms with Gasteiger partial charge in [-0.05, 0) is 43.4 Å². The zero-order valence-electron chi connectivity index (χ0n) is 6.72. The van der Waals surface area contributed by atoms with Gasteiger partial charge in [-0.3, -0.25) is 0 Å². The molecule has 0 aromatic heterocycles. The van der Waals surface area contributed by atoms with Gasteiger partial charge >= 0.3 is 0 Å². The second-order valence-corrected chi connectivity index (χ2v) is 4.25. The average Bonchev–Trinajstić information content (AvgIpc) is 2.20. The third kappa shape index (κ3) is 0.878. The summed E-state index contributed by atoms with van der Waals surface area (Å²) in [6, 6.07) is 0.566. The molecule has 0 heterocycles. The van der Waals surface area contributed by atoms with E-state index in [1.807, 2.05) is 0 Å². The summed E-state index contributed by atoms with van der Waals surface area (Å²) in [4.78, 5) is 0. The second kappa shape index (κ2) is 2.23. The molecule has 0 saturated heterocycles. The third-order valence-corrected chi connectivity index (χ3v) is 3.41. The highest BCUT2D eigenvalue weighted by Crippen LogP contribution is 2.43. The summed E-state index contributed by atoms with van der Waals surface area (Å²) in [5.41, 5.74) is 6.05. The minimum Gasteiger partial charge on any atom is -0.327 e. The first kappa shape index (κ1) is 6.66. The van der Waals surface area contributed by atoms with Gasteiger partial charge in [0, 0.05) is 6.04 Å². The van der Waals surface area contributed by atoms with Crippen molar-refractivity contribution in [3.63, 3.8) is 0 Å². The first-order valence-electron chi connectivity index (χ1n) is 4.53. The van der Waals surface area contributed by atoms with Gasteiger partial charge in [-0.2, -0.15) is 0 Å². The van der Waals surface area contributed by atoms with Crippen molar-refractivity contribution in [1.82, 2.24) is 0 Å². The molecule has 2 aliphatic carbocycles. The topological polar surface area (TPSA) is 26.0 Å². The lowest BCUT2D eigenvalue weighted by Gasteiger charge is -2.30. The fourth-order valence-electron chi connectivity index (χ4n) is 2.88. The van der Waals surface area contributed by atoms with Gasteiger partial charge < -0.3 is 5.73 Å². The lowest BCUT2D eigenvalue weighted by atomic mass is 9.79. The highest BCUT2D eigenvalue weighted by atomic mass is 14.7. The summed E-state index contributed by atoms with van der Waals surface area (Å²) in [6.07, 6.45) is 5.63. The number of rotatable bonds is 0. The predicted octanol–water partition coefficient (Wildman–Crippen LogP) is 1.77. The Morgan fingerprint density at radius 2 is 1.60 bits per heavy atom. The van der Waals surface area contributed by atoms with Crippen molar-refractivity contribution >= 4 is 0 Å². The van der Waals surface area contributed by atoms with Crippen molar-refractivity contribution < 1.29 is 0 Å². The molecule has 1 nitrogen and oxygen atoms in total. The maximum atomic E-state index is 6.05. The predicted molar refractivity (Wildman–Crippen MR) is 42.6 cm³/mol. The largest absolute Gasteiger partial charge is 0.327 e. The molecular formula is C9H17N. The normalized spacial score (nSPS) is 53.4. The maximum absolute atomic E-state index is 6.05. The molecule has 2 atom stereocenters. The molecule has 2 rings (SSSR count). The molecule has 2 bridgehead atoms. The van der Waals surface area contributed by atoms with Gasteiger partial charge in [0.15, 0.2) is 0 Å². The monoisotopic (exact) mass is 139 g/mol. The van der Waals surface area contributed by atoms with Crippen molar-refractivity contribution in [1.29, 1.82) is 0 Å². The van der Waals surface area contributed by atoms with Gasteiger partial charge in [0.2, 0.25) is 0 Å². The van der Waals surface area contributed by atoms with Gasteiger partial charge in [0.25, 0.3) is 0 Å². The van der Waals surface area contributed by atoms with E-state index in [0.29, 0.717) is 6.04 Å². The van der Waals surface area contributed by atoms with Crippen molar-refractivity contribution in [2.75, 3.05) is 0 Å². The van der Waals surface area contributed by atoms with E-state index in [-0.39, 0.29) is 0 Å². The van der Waals surface area contributed by atoms with Crippen LogP contribution in [-0.2, 0) is 0 Å². The van der Waals surface area contributed by atoms with Gasteiger partial charge in [-0.1, -0.05) is 6.92 Å². The van der Waals surface area contributed by atoms with Crippen molar-refractivity contribution in [3.05, 3.63) is 0 Å². The quantitative estimate of drug-likeness (QED) is 0.544. The lowest BCUT2D eigenvalue weighted by molar-refractivity contribution is 0.239. The van der Waals surface area contributed by atoms with Gasteiger partial charge in [-0.15, -0.1) is 0 Å². The minimum absolute atomic E-state index is 0.566. The van der Waals surface area contributed by atoms with E-state index in [4.69, 9.17) is 5.73 Å². The van der Waals surface area contributed by atoms with E-state index in [1.54, 1.807) is 0 Å². The average molecular weight is 139 g/mol. The van der Waals surface area contributed by atoms with E-state index >= 15 is 0 Å². The van der Waals surface area contributed by atoms with Crippen LogP contribution in [0.5, 0.6) is 0 Å². The molecule has 0 amide bonds. The fourth-order valence-corrected chi connectivity index (χ4v) is 2.88. The molecule has 0 radical (unpaired) electrons. The Morgan fingerprint density at radius 3 is 2.10 bits per heavy atom. The molecule has 0 aliphatic heterocycles. The van der Waals surface area contributed by atoms with Crippen LogP contribution in [0.1, 0.15) is 32.6 Å². The van der Waals surface area contributed by atoms with Crippen LogP contribution >= 0.6 is 0 Å². The van der Waals surface area contributed by atoms with E-state index < -0.39 is 0 Å². The van der Waals surface area contributed by atoms with Crippen LogP contribution in [0.4, 0.5) is 0 Å². The van der Waals surface area contributed by atoms with E-state index in [9.17, 15) is 0 Å². The molecule has 2 unspecified atom stereocenters. The van der Waals surface area contributed by atoms with Crippen LogP contribution in [0.3, 0.4) is 0 Å². The Morgan fingerprint density at radius 1 is 1.10 bits per heavy atom. The SMILES string of the molecule is CC1CC2CCC(C1)C2N. The first-order chi connectivity index (χ1) is 4.77. The Hall–Kier alpha value is -0.0400. The number of hydrogen-bond acceptors (Lipinski definition) is 1. The minimum atomic E-state index is 0.566. The van der Waals surface area contributed by atoms with E-state index in [1.165, 1.54) is 25.7 Å². The van der Waals surface area contributed by atoms with E-state index in [0.717, 1.165) is 17.8 Å². The highest BCUT2D eigenvalue weighted by Gasteiger charge is 2.38. The van der Waals surface area contributed by atoms with Crippen LogP contribution in [0.15, 0.2) is 0 Å². The zero-order valence-corrected chi connectivity index (χ0v) is 6.72. The Bertz CT molecular complexity index is 119. The van der Waals surface area contributed by atoms with Crippen LogP contribution < -0.4 is 5.73 Å². The van der Waals surface area contributed by atoms with Crippen LogP contribution in [-0.4, -0.2) is 6.04 Å². The second-order valence-electron chi connectivity index (χ2n) is 4.25. The molecular weight excluding hydrogens is 122 g/mol. The van der Waals surface area contributed by atoms with Crippen molar-refractivity contribution in [2.24, 2.45) is 23.5 Å². The number of fused-ring (bicyclic) bond motifs is 2. The molecule has 0 aromatic carbocycles. The summed E-state index contributed by atoms with van der Waals surface area (Å²) >= 11 is 0. The van der Waals surface area contributed by atoms with Gasteiger partial charge in [-0.25, -0.2) is 0 Å². The van der Waals surface area contributed by atoms with Crippen molar-refractivity contribution in [3.8, 4) is 0 Å². The van der Waals surface area contributed by atoms with Crippen LogP contribution in [0.2, 0.25) is 0 Å². The molecule has 0 aromatic rings. The zero-order chi connectivity index (χ0) is 7.14. The number of hydrogen-bond donors (Lipinski definition) is 1. The lowest BCUT2D eigenvalue weighted by Crippen LogP contribution is -2.36. The van der Waals surface area contributed by atoms with E-state index in [2.05, 4.69) is 6.92 Å². The molecule has 2 N–H and O–H groups in total. The summed E-state index contributed by atoms with van der Waals surface area (Å²) in [7, 11) is 0. The molecule has 10 heavy (non-hydrogen) atoms. The molecule has 2 aliphatic rings. The van der Waals surface area contributed by atoms with Crippen LogP contribution in [0.25, 0.3) is 0 Å². The smallest absolute Gasteiger partial charge is 0.00958 e. The summed E-state index contributed by atoms with van der Waals surface area (Å²) in [5, 5.41) is 0. The fraction of sp³-hybridized carbons (Fsp3) is 1.00. The molecule has 0 spiro atoms. The molecule has 2 saturated carbocycles. The summed E-state index contributed by atoms with van der Waals surface area (Å²) in [6.45, 7) is 2.37. The summed E-state index contributed by atoms with van der Waals surface area (Å²) in [5.74, 6) is 2.72. The molecule has 58 valence electrons. The number of nitrogens with two attached hydrogens (primary N) is 1. The Labute approximate surface area is 63.0 Å². The highest BCUT2D eigenvalue weighted by molar-refractivity contribution is 4.93.